The van der Waals surface area contributed by atoms with Gasteiger partial charge in [-0.15, -0.1) is 0 Å². The predicted octanol–water partition coefficient (Wildman–Crippen LogP) is 1.40. The fourth-order valence-corrected chi connectivity index (χ4v) is 4.37. The van der Waals surface area contributed by atoms with Gasteiger partial charge in [-0.25, -0.2) is 8.42 Å². The summed E-state index contributed by atoms with van der Waals surface area (Å²) < 4.78 is 33.3. The van der Waals surface area contributed by atoms with E-state index in [1.807, 2.05) is 24.3 Å². The minimum atomic E-state index is -3.07. The van der Waals surface area contributed by atoms with Crippen LogP contribution in [-0.4, -0.2) is 38.1 Å². The average Bonchev–Trinajstić information content (AvgIpc) is 3.19. The molecule has 1 unspecified atom stereocenters. The van der Waals surface area contributed by atoms with Gasteiger partial charge in [0.05, 0.1) is 31.1 Å². The number of nitrogens with zero attached hydrogens (tertiary/aromatic N) is 1. The maximum atomic E-state index is 12.0. The number of ether oxygens (including phenoxy) is 1. The van der Waals surface area contributed by atoms with E-state index in [0.29, 0.717) is 23.6 Å². The third-order valence-electron chi connectivity index (χ3n) is 3.96. The highest BCUT2D eigenvalue weighted by Crippen LogP contribution is 2.24. The number of methoxy groups -OCH3 is 1. The Labute approximate surface area is 139 Å². The second-order valence-corrected chi connectivity index (χ2v) is 7.96. The van der Waals surface area contributed by atoms with Gasteiger partial charge in [0.15, 0.2) is 15.6 Å². The van der Waals surface area contributed by atoms with Crippen molar-refractivity contribution in [3.8, 4) is 17.1 Å². The van der Waals surface area contributed by atoms with Gasteiger partial charge in [0.1, 0.15) is 11.4 Å². The molecule has 2 aromatic rings. The lowest BCUT2D eigenvalue weighted by Crippen LogP contribution is -2.31. The van der Waals surface area contributed by atoms with Gasteiger partial charge >= 0.3 is 0 Å². The monoisotopic (exact) mass is 350 g/mol. The summed E-state index contributed by atoms with van der Waals surface area (Å²) in [4.78, 5) is 12.0. The Bertz CT molecular complexity index is 844. The van der Waals surface area contributed by atoms with Crippen molar-refractivity contribution in [1.82, 2.24) is 10.5 Å². The molecule has 24 heavy (non-hydrogen) atoms. The molecule has 0 saturated carbocycles. The fourth-order valence-electron chi connectivity index (χ4n) is 2.63. The third-order valence-corrected chi connectivity index (χ3v) is 5.73. The topological polar surface area (TPSA) is 98.5 Å². The van der Waals surface area contributed by atoms with E-state index < -0.39 is 15.8 Å². The molecule has 1 aromatic heterocycles. The molecule has 7 nitrogen and oxygen atoms in total. The number of carbonyl (C=O) groups excluding carboxylic acids is 1. The first-order valence-corrected chi connectivity index (χ1v) is 9.37. The first-order chi connectivity index (χ1) is 11.5. The van der Waals surface area contributed by atoms with Crippen LogP contribution < -0.4 is 10.1 Å². The van der Waals surface area contributed by atoms with Crippen LogP contribution >= 0.6 is 0 Å². The Morgan fingerprint density at radius 1 is 1.42 bits per heavy atom. The number of amides is 1. The smallest absolute Gasteiger partial charge is 0.224 e. The Kier molecular flexibility index (Phi) is 4.57. The lowest BCUT2D eigenvalue weighted by Gasteiger charge is -2.07. The predicted molar refractivity (Wildman–Crippen MR) is 87.1 cm³/mol. The lowest BCUT2D eigenvalue weighted by atomic mass is 10.1. The van der Waals surface area contributed by atoms with E-state index in [2.05, 4.69) is 10.5 Å². The quantitative estimate of drug-likeness (QED) is 0.875. The number of nitrogens with one attached hydrogen (secondary N) is 1. The minimum absolute atomic E-state index is 0.0767. The molecule has 1 aliphatic rings. The lowest BCUT2D eigenvalue weighted by molar-refractivity contribution is -0.124. The van der Waals surface area contributed by atoms with Crippen LogP contribution in [0.4, 0.5) is 0 Å². The Hall–Kier alpha value is -2.35. The van der Waals surface area contributed by atoms with Crippen molar-refractivity contribution in [3.63, 3.8) is 0 Å². The molecule has 1 saturated heterocycles. The summed E-state index contributed by atoms with van der Waals surface area (Å²) in [5.74, 6) is 0.548. The molecule has 1 aliphatic heterocycles. The minimum Gasteiger partial charge on any atom is -0.497 e. The SMILES string of the molecule is COc1cccc(-c2cc(CNC(=O)C3CCS(=O)(=O)C3)no2)c1. The summed E-state index contributed by atoms with van der Waals surface area (Å²) in [6.45, 7) is 0.197. The van der Waals surface area contributed by atoms with Crippen LogP contribution in [0.2, 0.25) is 0 Å². The summed E-state index contributed by atoms with van der Waals surface area (Å²) >= 11 is 0. The van der Waals surface area contributed by atoms with Gasteiger partial charge in [0.25, 0.3) is 0 Å². The summed E-state index contributed by atoms with van der Waals surface area (Å²) in [5.41, 5.74) is 1.39. The molecule has 1 aromatic carbocycles. The second-order valence-electron chi connectivity index (χ2n) is 5.73. The van der Waals surface area contributed by atoms with Gasteiger partial charge in [0.2, 0.25) is 5.91 Å². The van der Waals surface area contributed by atoms with Crippen molar-refractivity contribution in [2.75, 3.05) is 18.6 Å². The highest BCUT2D eigenvalue weighted by molar-refractivity contribution is 7.91. The first kappa shape index (κ1) is 16.5. The van der Waals surface area contributed by atoms with Crippen LogP contribution in [0.3, 0.4) is 0 Å². The molecule has 1 fully saturated rings. The molecule has 1 atom stereocenters. The van der Waals surface area contributed by atoms with E-state index in [-0.39, 0.29) is 24.0 Å². The van der Waals surface area contributed by atoms with E-state index in [1.54, 1.807) is 13.2 Å². The highest BCUT2D eigenvalue weighted by Gasteiger charge is 2.32. The zero-order valence-electron chi connectivity index (χ0n) is 13.2. The average molecular weight is 350 g/mol. The van der Waals surface area contributed by atoms with Crippen LogP contribution in [0.1, 0.15) is 12.1 Å². The normalized spacial score (nSPS) is 19.1. The van der Waals surface area contributed by atoms with Crippen molar-refractivity contribution in [2.45, 2.75) is 13.0 Å². The van der Waals surface area contributed by atoms with Gasteiger partial charge < -0.3 is 14.6 Å². The molecule has 3 rings (SSSR count). The number of hydrogen-bond donors (Lipinski definition) is 1. The molecule has 0 radical (unpaired) electrons. The third kappa shape index (κ3) is 3.76. The van der Waals surface area contributed by atoms with Crippen molar-refractivity contribution >= 4 is 15.7 Å². The van der Waals surface area contributed by atoms with E-state index in [0.717, 1.165) is 5.56 Å². The van der Waals surface area contributed by atoms with Crippen LogP contribution in [0, 0.1) is 5.92 Å². The van der Waals surface area contributed by atoms with Crippen LogP contribution in [0.25, 0.3) is 11.3 Å². The zero-order valence-corrected chi connectivity index (χ0v) is 14.0. The van der Waals surface area contributed by atoms with Gasteiger partial charge in [-0.1, -0.05) is 17.3 Å². The Morgan fingerprint density at radius 3 is 2.96 bits per heavy atom. The summed E-state index contributed by atoms with van der Waals surface area (Å²) in [6, 6.07) is 9.11. The van der Waals surface area contributed by atoms with Crippen molar-refractivity contribution in [1.29, 1.82) is 0 Å². The standard InChI is InChI=1S/C16H18N2O5S/c1-22-14-4-2-3-11(7-14)15-8-13(18-23-15)9-17-16(19)12-5-6-24(20,21)10-12/h2-4,7-8,12H,5-6,9-10H2,1H3,(H,17,19). The summed E-state index contributed by atoms with van der Waals surface area (Å²) in [6.07, 6.45) is 0.377. The zero-order chi connectivity index (χ0) is 17.2. The van der Waals surface area contributed by atoms with E-state index in [1.165, 1.54) is 0 Å². The van der Waals surface area contributed by atoms with Gasteiger partial charge in [0, 0.05) is 11.6 Å². The molecular weight excluding hydrogens is 332 g/mol. The molecule has 0 spiro atoms. The molecule has 0 aliphatic carbocycles. The van der Waals surface area contributed by atoms with Gasteiger partial charge in [-0.2, -0.15) is 0 Å². The van der Waals surface area contributed by atoms with E-state index >= 15 is 0 Å². The van der Waals surface area contributed by atoms with Crippen molar-refractivity contribution in [2.24, 2.45) is 5.92 Å². The van der Waals surface area contributed by atoms with Crippen LogP contribution in [0.5, 0.6) is 5.75 Å². The molecular formula is C16H18N2O5S. The Morgan fingerprint density at radius 2 is 2.25 bits per heavy atom. The summed E-state index contributed by atoms with van der Waals surface area (Å²) in [5, 5.41) is 6.64. The first-order valence-electron chi connectivity index (χ1n) is 7.55. The molecule has 0 bridgehead atoms. The highest BCUT2D eigenvalue weighted by atomic mass is 32.2. The second kappa shape index (κ2) is 6.64. The fraction of sp³-hybridized carbons (Fsp3) is 0.375. The summed E-state index contributed by atoms with van der Waals surface area (Å²) in [7, 11) is -1.48. The van der Waals surface area contributed by atoms with Gasteiger partial charge in [-0.3, -0.25) is 4.79 Å². The van der Waals surface area contributed by atoms with E-state index in [9.17, 15) is 13.2 Å². The largest absolute Gasteiger partial charge is 0.497 e. The molecule has 128 valence electrons. The number of sulfone groups is 1. The van der Waals surface area contributed by atoms with Crippen LogP contribution in [0.15, 0.2) is 34.9 Å². The van der Waals surface area contributed by atoms with E-state index in [4.69, 9.17) is 9.26 Å². The number of benzene rings is 1. The number of carbonyl (C=O) groups is 1. The number of aromatic nitrogens is 1. The van der Waals surface area contributed by atoms with Crippen molar-refractivity contribution < 1.29 is 22.5 Å². The maximum Gasteiger partial charge on any atom is 0.224 e. The Balaban J connectivity index is 1.61. The number of rotatable bonds is 5. The molecule has 8 heteroatoms. The van der Waals surface area contributed by atoms with Crippen molar-refractivity contribution in [3.05, 3.63) is 36.0 Å². The molecule has 2 heterocycles. The maximum absolute atomic E-state index is 12.0. The molecule has 1 amide bonds. The van der Waals surface area contributed by atoms with Crippen LogP contribution in [-0.2, 0) is 21.2 Å². The number of hydrogen-bond acceptors (Lipinski definition) is 6. The molecule has 1 N–H and O–H groups in total. The van der Waals surface area contributed by atoms with Gasteiger partial charge in [-0.05, 0) is 18.6 Å².